The van der Waals surface area contributed by atoms with Gasteiger partial charge in [-0.2, -0.15) is 0 Å². The second-order valence-electron chi connectivity index (χ2n) is 4.64. The van der Waals surface area contributed by atoms with Crippen molar-refractivity contribution in [2.75, 3.05) is 17.7 Å². The number of aromatic nitrogens is 2. The number of nitrogens with zero attached hydrogens (tertiary/aromatic N) is 3. The number of anilines is 2. The molecule has 1 aromatic carbocycles. The largest absolute Gasteiger partial charge is 0.464 e. The van der Waals surface area contributed by atoms with Gasteiger partial charge in [0, 0.05) is 18.8 Å². The average molecular weight is 270 g/mol. The van der Waals surface area contributed by atoms with E-state index in [1.165, 1.54) is 24.4 Å². The van der Waals surface area contributed by atoms with E-state index in [1.807, 2.05) is 23.1 Å². The monoisotopic (exact) mass is 270 g/mol. The van der Waals surface area contributed by atoms with E-state index in [2.05, 4.69) is 14.7 Å². The Hall–Kier alpha value is -2.63. The summed E-state index contributed by atoms with van der Waals surface area (Å²) in [5, 5.41) is 0. The molecule has 2 heterocycles. The molecule has 0 saturated carbocycles. The molecule has 1 aliphatic heterocycles. The van der Waals surface area contributed by atoms with Gasteiger partial charge in [0.1, 0.15) is 5.82 Å². The zero-order chi connectivity index (χ0) is 14.1. The van der Waals surface area contributed by atoms with Crippen LogP contribution < -0.4 is 10.6 Å². The Labute approximate surface area is 116 Å². The Kier molecular flexibility index (Phi) is 2.98. The van der Waals surface area contributed by atoms with Gasteiger partial charge < -0.3 is 15.4 Å². The standard InChI is InChI=1S/C14H14N4O2/c1-20-14(19)12-5-16-6-13(17-12)18-7-9-2-3-11(15)4-10(9)8-18/h2-6H,7-8,15H2,1H3. The molecule has 1 aliphatic rings. The van der Waals surface area contributed by atoms with Gasteiger partial charge in [-0.25, -0.2) is 9.78 Å². The van der Waals surface area contributed by atoms with E-state index in [9.17, 15) is 4.79 Å². The van der Waals surface area contributed by atoms with Gasteiger partial charge in [0.05, 0.1) is 19.5 Å². The zero-order valence-corrected chi connectivity index (χ0v) is 11.0. The van der Waals surface area contributed by atoms with Crippen LogP contribution in [0.15, 0.2) is 30.6 Å². The maximum absolute atomic E-state index is 11.5. The number of esters is 1. The minimum atomic E-state index is -0.486. The maximum atomic E-state index is 11.5. The Morgan fingerprint density at radius 2 is 2.10 bits per heavy atom. The van der Waals surface area contributed by atoms with Gasteiger partial charge >= 0.3 is 5.97 Å². The lowest BCUT2D eigenvalue weighted by Crippen LogP contribution is -2.18. The van der Waals surface area contributed by atoms with Crippen LogP contribution in [0.5, 0.6) is 0 Å². The molecule has 0 bridgehead atoms. The van der Waals surface area contributed by atoms with Gasteiger partial charge in [0.2, 0.25) is 0 Å². The van der Waals surface area contributed by atoms with Crippen LogP contribution in [0.4, 0.5) is 11.5 Å². The van der Waals surface area contributed by atoms with Crippen LogP contribution in [0.3, 0.4) is 0 Å². The predicted octanol–water partition coefficient (Wildman–Crippen LogP) is 1.37. The van der Waals surface area contributed by atoms with Gasteiger partial charge in [-0.05, 0) is 23.3 Å². The molecule has 0 spiro atoms. The Bertz CT molecular complexity index is 672. The number of nitrogen functional groups attached to an aromatic ring is 1. The fraction of sp³-hybridized carbons (Fsp3) is 0.214. The Morgan fingerprint density at radius 3 is 2.90 bits per heavy atom. The molecular formula is C14H14N4O2. The number of hydrogen-bond acceptors (Lipinski definition) is 6. The molecule has 0 unspecified atom stereocenters. The van der Waals surface area contributed by atoms with E-state index in [4.69, 9.17) is 5.73 Å². The zero-order valence-electron chi connectivity index (χ0n) is 11.0. The average Bonchev–Trinajstić information content (AvgIpc) is 2.89. The molecule has 2 N–H and O–H groups in total. The van der Waals surface area contributed by atoms with E-state index < -0.39 is 5.97 Å². The van der Waals surface area contributed by atoms with E-state index >= 15 is 0 Å². The number of hydrogen-bond donors (Lipinski definition) is 1. The van der Waals surface area contributed by atoms with Crippen LogP contribution in [-0.4, -0.2) is 23.0 Å². The van der Waals surface area contributed by atoms with Gasteiger partial charge in [0.15, 0.2) is 5.69 Å². The minimum Gasteiger partial charge on any atom is -0.464 e. The number of rotatable bonds is 2. The SMILES string of the molecule is COC(=O)c1cncc(N2Cc3ccc(N)cc3C2)n1. The summed E-state index contributed by atoms with van der Waals surface area (Å²) in [6.45, 7) is 1.44. The number of benzene rings is 1. The molecule has 1 aromatic heterocycles. The summed E-state index contributed by atoms with van der Waals surface area (Å²) in [7, 11) is 1.32. The maximum Gasteiger partial charge on any atom is 0.358 e. The fourth-order valence-electron chi connectivity index (χ4n) is 2.29. The Morgan fingerprint density at radius 1 is 1.30 bits per heavy atom. The molecule has 6 heteroatoms. The van der Waals surface area contributed by atoms with E-state index in [1.54, 1.807) is 6.20 Å². The topological polar surface area (TPSA) is 81.3 Å². The molecule has 20 heavy (non-hydrogen) atoms. The van der Waals surface area contributed by atoms with Crippen molar-refractivity contribution in [3.8, 4) is 0 Å². The van der Waals surface area contributed by atoms with E-state index in [-0.39, 0.29) is 5.69 Å². The van der Waals surface area contributed by atoms with Crippen LogP contribution in [-0.2, 0) is 17.8 Å². The summed E-state index contributed by atoms with van der Waals surface area (Å²) in [5.41, 5.74) is 9.14. The van der Waals surface area contributed by atoms with Crippen LogP contribution in [0.25, 0.3) is 0 Å². The first-order chi connectivity index (χ1) is 9.67. The molecule has 0 saturated heterocycles. The highest BCUT2D eigenvalue weighted by molar-refractivity contribution is 5.87. The van der Waals surface area contributed by atoms with Crippen molar-refractivity contribution < 1.29 is 9.53 Å². The van der Waals surface area contributed by atoms with E-state index in [0.29, 0.717) is 12.4 Å². The summed E-state index contributed by atoms with van der Waals surface area (Å²) < 4.78 is 4.65. The summed E-state index contributed by atoms with van der Waals surface area (Å²) in [4.78, 5) is 21.9. The summed E-state index contributed by atoms with van der Waals surface area (Å²) in [5.74, 6) is 0.169. The normalized spacial score (nSPS) is 13.2. The van der Waals surface area contributed by atoms with Crippen LogP contribution in [0.1, 0.15) is 21.6 Å². The number of nitrogens with two attached hydrogens (primary N) is 1. The minimum absolute atomic E-state index is 0.209. The molecule has 0 fully saturated rings. The van der Waals surface area contributed by atoms with Gasteiger partial charge in [-0.1, -0.05) is 6.07 Å². The first kappa shape index (κ1) is 12.4. The summed E-state index contributed by atoms with van der Waals surface area (Å²) >= 11 is 0. The smallest absolute Gasteiger partial charge is 0.358 e. The van der Waals surface area contributed by atoms with Crippen molar-refractivity contribution in [1.82, 2.24) is 9.97 Å². The first-order valence-corrected chi connectivity index (χ1v) is 6.20. The van der Waals surface area contributed by atoms with Crippen molar-refractivity contribution in [3.63, 3.8) is 0 Å². The third-order valence-electron chi connectivity index (χ3n) is 3.29. The van der Waals surface area contributed by atoms with E-state index in [0.717, 1.165) is 12.2 Å². The second-order valence-corrected chi connectivity index (χ2v) is 4.64. The molecule has 2 aromatic rings. The van der Waals surface area contributed by atoms with Crippen LogP contribution in [0, 0.1) is 0 Å². The Balaban J connectivity index is 1.87. The van der Waals surface area contributed by atoms with Crippen molar-refractivity contribution in [2.24, 2.45) is 0 Å². The van der Waals surface area contributed by atoms with Gasteiger partial charge in [0.25, 0.3) is 0 Å². The number of methoxy groups -OCH3 is 1. The molecule has 0 amide bonds. The van der Waals surface area contributed by atoms with Crippen LogP contribution >= 0.6 is 0 Å². The number of carbonyl (C=O) groups excluding carboxylic acids is 1. The van der Waals surface area contributed by atoms with Crippen molar-refractivity contribution in [1.29, 1.82) is 0 Å². The first-order valence-electron chi connectivity index (χ1n) is 6.20. The molecule has 0 aliphatic carbocycles. The molecule has 0 atom stereocenters. The number of fused-ring (bicyclic) bond motifs is 1. The predicted molar refractivity (Wildman–Crippen MR) is 74.1 cm³/mol. The molecule has 0 radical (unpaired) electrons. The van der Waals surface area contributed by atoms with Gasteiger partial charge in [-0.3, -0.25) is 4.98 Å². The van der Waals surface area contributed by atoms with Gasteiger partial charge in [-0.15, -0.1) is 0 Å². The highest BCUT2D eigenvalue weighted by Gasteiger charge is 2.21. The summed E-state index contributed by atoms with van der Waals surface area (Å²) in [6, 6.07) is 5.87. The van der Waals surface area contributed by atoms with Crippen LogP contribution in [0.2, 0.25) is 0 Å². The molecule has 3 rings (SSSR count). The lowest BCUT2D eigenvalue weighted by atomic mass is 10.1. The highest BCUT2D eigenvalue weighted by atomic mass is 16.5. The molecule has 102 valence electrons. The second kappa shape index (κ2) is 4.80. The third kappa shape index (κ3) is 2.16. The lowest BCUT2D eigenvalue weighted by molar-refractivity contribution is 0.0593. The number of ether oxygens (including phenoxy) is 1. The van der Waals surface area contributed by atoms with Crippen molar-refractivity contribution in [2.45, 2.75) is 13.1 Å². The third-order valence-corrected chi connectivity index (χ3v) is 3.29. The number of carbonyl (C=O) groups is 1. The quantitative estimate of drug-likeness (QED) is 0.655. The fourth-order valence-corrected chi connectivity index (χ4v) is 2.29. The molecule has 6 nitrogen and oxygen atoms in total. The van der Waals surface area contributed by atoms with Crippen molar-refractivity contribution >= 4 is 17.5 Å². The lowest BCUT2D eigenvalue weighted by Gasteiger charge is -2.16. The van der Waals surface area contributed by atoms with Crippen molar-refractivity contribution in [3.05, 3.63) is 47.4 Å². The highest BCUT2D eigenvalue weighted by Crippen LogP contribution is 2.28. The molecular weight excluding hydrogens is 256 g/mol. The summed E-state index contributed by atoms with van der Waals surface area (Å²) in [6.07, 6.45) is 3.04.